The summed E-state index contributed by atoms with van der Waals surface area (Å²) in [5.41, 5.74) is 6.89. The van der Waals surface area contributed by atoms with E-state index in [0.29, 0.717) is 0 Å². The third-order valence-corrected chi connectivity index (χ3v) is 4.17. The SMILES string of the molecule is CCC(N)c1nnc(-c2ccc(Br)cc2OC)s1. The minimum Gasteiger partial charge on any atom is -0.496 e. The molecule has 0 saturated heterocycles. The fraction of sp³-hybridized carbons (Fsp3) is 0.333. The number of halogens is 1. The van der Waals surface area contributed by atoms with Crippen LogP contribution < -0.4 is 10.5 Å². The summed E-state index contributed by atoms with van der Waals surface area (Å²) in [5, 5.41) is 10.0. The molecular weight excluding hydrogens is 314 g/mol. The van der Waals surface area contributed by atoms with Gasteiger partial charge in [0, 0.05) is 4.47 Å². The molecule has 2 aromatic rings. The third-order valence-electron chi connectivity index (χ3n) is 2.59. The van der Waals surface area contributed by atoms with E-state index < -0.39 is 0 Å². The first-order chi connectivity index (χ1) is 8.65. The van der Waals surface area contributed by atoms with Gasteiger partial charge >= 0.3 is 0 Å². The van der Waals surface area contributed by atoms with Crippen LogP contribution in [0.5, 0.6) is 5.75 Å². The van der Waals surface area contributed by atoms with Crippen LogP contribution in [0.2, 0.25) is 0 Å². The van der Waals surface area contributed by atoms with Gasteiger partial charge in [-0.1, -0.05) is 34.2 Å². The number of hydrogen-bond acceptors (Lipinski definition) is 5. The van der Waals surface area contributed by atoms with Crippen molar-refractivity contribution in [3.63, 3.8) is 0 Å². The molecule has 0 aliphatic heterocycles. The summed E-state index contributed by atoms with van der Waals surface area (Å²) in [6, 6.07) is 5.79. The molecule has 6 heteroatoms. The highest BCUT2D eigenvalue weighted by Crippen LogP contribution is 2.35. The minimum absolute atomic E-state index is 0.0438. The first-order valence-electron chi connectivity index (χ1n) is 5.58. The maximum atomic E-state index is 5.95. The number of hydrogen-bond donors (Lipinski definition) is 1. The molecule has 1 atom stereocenters. The number of rotatable bonds is 4. The molecule has 96 valence electrons. The lowest BCUT2D eigenvalue weighted by molar-refractivity contribution is 0.416. The highest BCUT2D eigenvalue weighted by atomic mass is 79.9. The van der Waals surface area contributed by atoms with Crippen LogP contribution in [-0.2, 0) is 0 Å². The van der Waals surface area contributed by atoms with E-state index in [9.17, 15) is 0 Å². The molecule has 0 radical (unpaired) electrons. The van der Waals surface area contributed by atoms with E-state index in [1.165, 1.54) is 11.3 Å². The van der Waals surface area contributed by atoms with Gasteiger partial charge in [0.05, 0.1) is 18.7 Å². The van der Waals surface area contributed by atoms with Crippen molar-refractivity contribution >= 4 is 27.3 Å². The molecule has 18 heavy (non-hydrogen) atoms. The Hall–Kier alpha value is -0.980. The summed E-state index contributed by atoms with van der Waals surface area (Å²) >= 11 is 4.93. The quantitative estimate of drug-likeness (QED) is 0.935. The lowest BCUT2D eigenvalue weighted by atomic mass is 10.2. The van der Waals surface area contributed by atoms with E-state index in [1.807, 2.05) is 25.1 Å². The Morgan fingerprint density at radius 3 is 2.89 bits per heavy atom. The molecular formula is C12H14BrN3OS. The Kier molecular flexibility index (Phi) is 4.31. The number of benzene rings is 1. The highest BCUT2D eigenvalue weighted by Gasteiger charge is 2.15. The number of ether oxygens (including phenoxy) is 1. The molecule has 0 saturated carbocycles. The van der Waals surface area contributed by atoms with Crippen molar-refractivity contribution in [3.8, 4) is 16.3 Å². The van der Waals surface area contributed by atoms with Crippen LogP contribution in [0.15, 0.2) is 22.7 Å². The molecule has 0 amide bonds. The van der Waals surface area contributed by atoms with Crippen molar-refractivity contribution in [2.75, 3.05) is 7.11 Å². The zero-order valence-electron chi connectivity index (χ0n) is 10.2. The average Bonchev–Trinajstić information content (AvgIpc) is 2.87. The summed E-state index contributed by atoms with van der Waals surface area (Å²) in [6.45, 7) is 2.03. The predicted molar refractivity (Wildman–Crippen MR) is 76.8 cm³/mol. The monoisotopic (exact) mass is 327 g/mol. The van der Waals surface area contributed by atoms with Gasteiger partial charge in [-0.05, 0) is 24.6 Å². The largest absolute Gasteiger partial charge is 0.496 e. The Morgan fingerprint density at radius 1 is 1.44 bits per heavy atom. The summed E-state index contributed by atoms with van der Waals surface area (Å²) in [6.07, 6.45) is 0.853. The molecule has 0 aliphatic rings. The molecule has 2 rings (SSSR count). The van der Waals surface area contributed by atoms with E-state index in [4.69, 9.17) is 10.5 Å². The third kappa shape index (κ3) is 2.71. The second kappa shape index (κ2) is 5.77. The molecule has 0 bridgehead atoms. The fourth-order valence-corrected chi connectivity index (χ4v) is 2.81. The van der Waals surface area contributed by atoms with Gasteiger partial charge in [-0.15, -0.1) is 10.2 Å². The summed E-state index contributed by atoms with van der Waals surface area (Å²) in [7, 11) is 1.64. The van der Waals surface area contributed by atoms with Gasteiger partial charge in [0.25, 0.3) is 0 Å². The second-order valence-electron chi connectivity index (χ2n) is 3.80. The van der Waals surface area contributed by atoms with Crippen molar-refractivity contribution in [2.24, 2.45) is 5.73 Å². The Balaban J connectivity index is 2.39. The molecule has 1 aromatic heterocycles. The second-order valence-corrected chi connectivity index (χ2v) is 5.73. The van der Waals surface area contributed by atoms with Crippen LogP contribution in [0, 0.1) is 0 Å². The van der Waals surface area contributed by atoms with Crippen LogP contribution in [0.3, 0.4) is 0 Å². The van der Waals surface area contributed by atoms with E-state index in [0.717, 1.165) is 32.2 Å². The molecule has 0 fully saturated rings. The maximum Gasteiger partial charge on any atom is 0.151 e. The van der Waals surface area contributed by atoms with Gasteiger partial charge in [-0.3, -0.25) is 0 Å². The van der Waals surface area contributed by atoms with Crippen LogP contribution in [0.25, 0.3) is 10.6 Å². The van der Waals surface area contributed by atoms with Crippen molar-refractivity contribution in [3.05, 3.63) is 27.7 Å². The van der Waals surface area contributed by atoms with Gasteiger partial charge < -0.3 is 10.5 Å². The number of nitrogens with zero attached hydrogens (tertiary/aromatic N) is 2. The lowest BCUT2D eigenvalue weighted by Crippen LogP contribution is -2.07. The van der Waals surface area contributed by atoms with Crippen LogP contribution in [0.1, 0.15) is 24.4 Å². The van der Waals surface area contributed by atoms with Gasteiger partial charge in [0.1, 0.15) is 10.8 Å². The first-order valence-corrected chi connectivity index (χ1v) is 7.19. The van der Waals surface area contributed by atoms with Crippen LogP contribution in [-0.4, -0.2) is 17.3 Å². The van der Waals surface area contributed by atoms with Crippen molar-refractivity contribution in [1.82, 2.24) is 10.2 Å². The predicted octanol–water partition coefficient (Wildman–Crippen LogP) is 3.39. The molecule has 4 nitrogen and oxygen atoms in total. The van der Waals surface area contributed by atoms with Gasteiger partial charge in [-0.25, -0.2) is 0 Å². The number of nitrogens with two attached hydrogens (primary N) is 1. The molecule has 1 heterocycles. The zero-order chi connectivity index (χ0) is 13.1. The topological polar surface area (TPSA) is 61.0 Å². The van der Waals surface area contributed by atoms with E-state index in [1.54, 1.807) is 7.11 Å². The van der Waals surface area contributed by atoms with Crippen molar-refractivity contribution in [2.45, 2.75) is 19.4 Å². The van der Waals surface area contributed by atoms with E-state index >= 15 is 0 Å². The first kappa shape index (κ1) is 13.5. The van der Waals surface area contributed by atoms with E-state index in [2.05, 4.69) is 26.1 Å². The van der Waals surface area contributed by atoms with Gasteiger partial charge in [0.15, 0.2) is 5.01 Å². The fourth-order valence-electron chi connectivity index (χ4n) is 1.51. The van der Waals surface area contributed by atoms with Crippen molar-refractivity contribution < 1.29 is 4.74 Å². The highest BCUT2D eigenvalue weighted by molar-refractivity contribution is 9.10. The number of methoxy groups -OCH3 is 1. The standard InChI is InChI=1S/C12H14BrN3OS/c1-3-9(14)12-16-15-11(18-12)8-5-4-7(13)6-10(8)17-2/h4-6,9H,3,14H2,1-2H3. The molecule has 2 N–H and O–H groups in total. The summed E-state index contributed by atoms with van der Waals surface area (Å²) in [5.74, 6) is 0.775. The normalized spacial score (nSPS) is 12.4. The smallest absolute Gasteiger partial charge is 0.151 e. The number of aromatic nitrogens is 2. The Bertz CT molecular complexity index is 544. The molecule has 0 aliphatic carbocycles. The molecule has 1 aromatic carbocycles. The lowest BCUT2D eigenvalue weighted by Gasteiger charge is -2.05. The zero-order valence-corrected chi connectivity index (χ0v) is 12.6. The Labute approximate surface area is 118 Å². The molecule has 0 spiro atoms. The van der Waals surface area contributed by atoms with Crippen LogP contribution in [0.4, 0.5) is 0 Å². The van der Waals surface area contributed by atoms with Crippen LogP contribution >= 0.6 is 27.3 Å². The summed E-state index contributed by atoms with van der Waals surface area (Å²) in [4.78, 5) is 0. The Morgan fingerprint density at radius 2 is 2.22 bits per heavy atom. The van der Waals surface area contributed by atoms with Crippen molar-refractivity contribution in [1.29, 1.82) is 0 Å². The van der Waals surface area contributed by atoms with E-state index in [-0.39, 0.29) is 6.04 Å². The average molecular weight is 328 g/mol. The van der Waals surface area contributed by atoms with Gasteiger partial charge in [0.2, 0.25) is 0 Å². The van der Waals surface area contributed by atoms with Gasteiger partial charge in [-0.2, -0.15) is 0 Å². The molecule has 1 unspecified atom stereocenters. The summed E-state index contributed by atoms with van der Waals surface area (Å²) < 4.78 is 6.32. The maximum absolute atomic E-state index is 5.95. The minimum atomic E-state index is -0.0438.